The molecule has 11 aromatic rings. The van der Waals surface area contributed by atoms with Gasteiger partial charge < -0.3 is 4.42 Å². The summed E-state index contributed by atoms with van der Waals surface area (Å²) in [6, 6.07) is 61.5. The number of rotatable bonds is 5. The molecule has 0 spiro atoms. The van der Waals surface area contributed by atoms with Crippen molar-refractivity contribution in [2.75, 3.05) is 0 Å². The molecule has 0 saturated carbocycles. The van der Waals surface area contributed by atoms with E-state index >= 15 is 0 Å². The molecule has 5 heteroatoms. The zero-order chi connectivity index (χ0) is 35.6. The lowest BCUT2D eigenvalue weighted by atomic mass is 9.93. The number of aromatic nitrogens is 3. The van der Waals surface area contributed by atoms with Gasteiger partial charge in [0.25, 0.3) is 0 Å². The van der Waals surface area contributed by atoms with Gasteiger partial charge in [-0.15, -0.1) is 11.3 Å². The topological polar surface area (TPSA) is 51.8 Å². The van der Waals surface area contributed by atoms with Crippen LogP contribution in [0.15, 0.2) is 180 Å². The zero-order valence-corrected chi connectivity index (χ0v) is 29.7. The van der Waals surface area contributed by atoms with Crippen molar-refractivity contribution in [3.05, 3.63) is 176 Å². The Morgan fingerprint density at radius 1 is 0.315 bits per heavy atom. The van der Waals surface area contributed by atoms with E-state index in [-0.39, 0.29) is 0 Å². The Morgan fingerprint density at radius 2 is 0.852 bits per heavy atom. The van der Waals surface area contributed by atoms with Gasteiger partial charge in [-0.2, -0.15) is 0 Å². The Balaban J connectivity index is 1.10. The summed E-state index contributed by atoms with van der Waals surface area (Å²) in [6.45, 7) is 0. The van der Waals surface area contributed by atoms with E-state index in [1.165, 1.54) is 42.4 Å². The van der Waals surface area contributed by atoms with Crippen molar-refractivity contribution >= 4 is 64.2 Å². The maximum Gasteiger partial charge on any atom is 0.164 e. The number of benzene rings is 8. The molecule has 4 nitrogen and oxygen atoms in total. The summed E-state index contributed by atoms with van der Waals surface area (Å²) in [6.07, 6.45) is 0. The second-order valence-corrected chi connectivity index (χ2v) is 14.5. The SMILES string of the molecule is c1ccc(-c2nc(-c3ccc4c(c3)oc3ccccc34)nc(-c3ccc(-c4cccc5c4sc4c(-c6ccccc6)cccc45)c4ccccc34)n2)cc1. The maximum atomic E-state index is 6.27. The van der Waals surface area contributed by atoms with Crippen LogP contribution in [0.4, 0.5) is 0 Å². The number of hydrogen-bond acceptors (Lipinski definition) is 5. The molecule has 0 aliphatic carbocycles. The van der Waals surface area contributed by atoms with E-state index in [2.05, 4.69) is 121 Å². The summed E-state index contributed by atoms with van der Waals surface area (Å²) in [5.41, 5.74) is 9.31. The predicted molar refractivity (Wildman–Crippen MR) is 225 cm³/mol. The molecule has 252 valence electrons. The van der Waals surface area contributed by atoms with E-state index in [4.69, 9.17) is 19.4 Å². The molecule has 0 aliphatic rings. The van der Waals surface area contributed by atoms with Gasteiger partial charge in [-0.25, -0.2) is 15.0 Å². The highest BCUT2D eigenvalue weighted by molar-refractivity contribution is 7.26. The quantitative estimate of drug-likeness (QED) is 0.179. The summed E-state index contributed by atoms with van der Waals surface area (Å²) < 4.78 is 8.85. The van der Waals surface area contributed by atoms with Gasteiger partial charge in [0.15, 0.2) is 17.5 Å². The summed E-state index contributed by atoms with van der Waals surface area (Å²) in [4.78, 5) is 15.3. The fourth-order valence-corrected chi connectivity index (χ4v) is 9.18. The molecule has 0 amide bonds. The molecule has 3 heterocycles. The molecule has 8 aromatic carbocycles. The van der Waals surface area contributed by atoms with Crippen LogP contribution in [-0.4, -0.2) is 15.0 Å². The molecule has 11 rings (SSSR count). The minimum Gasteiger partial charge on any atom is -0.456 e. The predicted octanol–water partition coefficient (Wildman–Crippen LogP) is 13.6. The monoisotopic (exact) mass is 707 g/mol. The summed E-state index contributed by atoms with van der Waals surface area (Å²) in [7, 11) is 0. The van der Waals surface area contributed by atoms with Crippen LogP contribution in [-0.2, 0) is 0 Å². The van der Waals surface area contributed by atoms with E-state index in [1.807, 2.05) is 65.9 Å². The molecule has 0 atom stereocenters. The summed E-state index contributed by atoms with van der Waals surface area (Å²) in [5.74, 6) is 1.84. The minimum atomic E-state index is 0.596. The van der Waals surface area contributed by atoms with Crippen LogP contribution in [0.5, 0.6) is 0 Å². The van der Waals surface area contributed by atoms with Crippen LogP contribution in [0.25, 0.3) is 109 Å². The molecule has 0 radical (unpaired) electrons. The van der Waals surface area contributed by atoms with E-state index in [9.17, 15) is 0 Å². The van der Waals surface area contributed by atoms with Crippen molar-refractivity contribution < 1.29 is 4.42 Å². The summed E-state index contributed by atoms with van der Waals surface area (Å²) >= 11 is 1.87. The number of thiophene rings is 1. The molecule has 0 aliphatic heterocycles. The van der Waals surface area contributed by atoms with Gasteiger partial charge in [-0.3, -0.25) is 0 Å². The Morgan fingerprint density at radius 3 is 1.61 bits per heavy atom. The average molecular weight is 708 g/mol. The zero-order valence-electron chi connectivity index (χ0n) is 28.9. The molecule has 3 aromatic heterocycles. The third-order valence-electron chi connectivity index (χ3n) is 10.4. The molecule has 54 heavy (non-hydrogen) atoms. The van der Waals surface area contributed by atoms with Gasteiger partial charge in [-0.05, 0) is 51.7 Å². The van der Waals surface area contributed by atoms with E-state index in [0.29, 0.717) is 17.5 Å². The molecule has 0 fully saturated rings. The van der Waals surface area contributed by atoms with Crippen molar-refractivity contribution in [2.45, 2.75) is 0 Å². The Kier molecular flexibility index (Phi) is 7.00. The Labute approximate surface area is 314 Å². The number of hydrogen-bond donors (Lipinski definition) is 0. The lowest BCUT2D eigenvalue weighted by Gasteiger charge is -2.13. The largest absolute Gasteiger partial charge is 0.456 e. The Hall–Kier alpha value is -6.95. The smallest absolute Gasteiger partial charge is 0.164 e. The van der Waals surface area contributed by atoms with E-state index in [0.717, 1.165) is 49.4 Å². The van der Waals surface area contributed by atoms with Gasteiger partial charge in [0.2, 0.25) is 0 Å². The van der Waals surface area contributed by atoms with Crippen molar-refractivity contribution in [3.8, 4) is 56.4 Å². The number of para-hydroxylation sites is 1. The second kappa shape index (κ2) is 12.3. The van der Waals surface area contributed by atoms with Crippen LogP contribution in [0.3, 0.4) is 0 Å². The van der Waals surface area contributed by atoms with Crippen LogP contribution in [0, 0.1) is 0 Å². The first-order chi connectivity index (χ1) is 26.8. The number of fused-ring (bicyclic) bond motifs is 7. The lowest BCUT2D eigenvalue weighted by molar-refractivity contribution is 0.669. The molecular weight excluding hydrogens is 679 g/mol. The van der Waals surface area contributed by atoms with Crippen molar-refractivity contribution in [1.29, 1.82) is 0 Å². The van der Waals surface area contributed by atoms with Gasteiger partial charge >= 0.3 is 0 Å². The Bertz CT molecular complexity index is 3220. The highest BCUT2D eigenvalue weighted by atomic mass is 32.1. The molecular formula is C49H29N3OS. The highest BCUT2D eigenvalue weighted by Gasteiger charge is 2.19. The van der Waals surface area contributed by atoms with Crippen LogP contribution in [0.2, 0.25) is 0 Å². The fraction of sp³-hybridized carbons (Fsp3) is 0. The van der Waals surface area contributed by atoms with Crippen molar-refractivity contribution in [3.63, 3.8) is 0 Å². The maximum absolute atomic E-state index is 6.27. The normalized spacial score (nSPS) is 11.7. The molecule has 0 bridgehead atoms. The standard InChI is InChI=1S/C49H29N3OS/c1-3-13-30(14-4-1)33-20-11-22-40-41-23-12-21-39(46(41)54-45(33)40)36-27-28-42(35-18-8-7-17-34(35)36)49-51-47(31-15-5-2-6-16-31)50-48(52-49)32-25-26-38-37-19-9-10-24-43(37)53-44(38)29-32/h1-29H. The molecule has 0 N–H and O–H groups in total. The first kappa shape index (κ1) is 30.7. The van der Waals surface area contributed by atoms with Crippen LogP contribution < -0.4 is 0 Å². The van der Waals surface area contributed by atoms with E-state index < -0.39 is 0 Å². The average Bonchev–Trinajstić information content (AvgIpc) is 3.82. The van der Waals surface area contributed by atoms with Gasteiger partial charge in [0.1, 0.15) is 11.2 Å². The van der Waals surface area contributed by atoms with Gasteiger partial charge in [0, 0.05) is 53.2 Å². The third-order valence-corrected chi connectivity index (χ3v) is 11.7. The van der Waals surface area contributed by atoms with E-state index in [1.54, 1.807) is 0 Å². The first-order valence-corrected chi connectivity index (χ1v) is 18.8. The minimum absolute atomic E-state index is 0.596. The number of nitrogens with zero attached hydrogens (tertiary/aromatic N) is 3. The summed E-state index contributed by atoms with van der Waals surface area (Å²) in [5, 5.41) is 6.95. The fourth-order valence-electron chi connectivity index (χ4n) is 7.81. The second-order valence-electron chi connectivity index (χ2n) is 13.5. The first-order valence-electron chi connectivity index (χ1n) is 18.0. The lowest BCUT2D eigenvalue weighted by Crippen LogP contribution is -2.00. The molecule has 0 saturated heterocycles. The van der Waals surface area contributed by atoms with Crippen LogP contribution in [0.1, 0.15) is 0 Å². The molecule has 0 unspecified atom stereocenters. The van der Waals surface area contributed by atoms with Gasteiger partial charge in [-0.1, -0.05) is 152 Å². The van der Waals surface area contributed by atoms with Crippen LogP contribution >= 0.6 is 11.3 Å². The van der Waals surface area contributed by atoms with Crippen molar-refractivity contribution in [2.24, 2.45) is 0 Å². The third kappa shape index (κ3) is 4.94. The highest BCUT2D eigenvalue weighted by Crippen LogP contribution is 2.46. The van der Waals surface area contributed by atoms with Gasteiger partial charge in [0.05, 0.1) is 0 Å². The van der Waals surface area contributed by atoms with Crippen molar-refractivity contribution in [1.82, 2.24) is 15.0 Å². The number of furan rings is 1.